The number of amides is 1. The van der Waals surface area contributed by atoms with E-state index >= 15 is 0 Å². The molecule has 20 heavy (non-hydrogen) atoms. The molecule has 1 aromatic carbocycles. The second-order valence-corrected chi connectivity index (χ2v) is 4.98. The number of nitrogens with zero attached hydrogens (tertiary/aromatic N) is 1. The Balaban J connectivity index is 3.00. The molecule has 0 bridgehead atoms. The highest BCUT2D eigenvalue weighted by atomic mass is 32.1. The third-order valence-corrected chi connectivity index (χ3v) is 3.50. The van der Waals surface area contributed by atoms with E-state index in [0.29, 0.717) is 18.1 Å². The van der Waals surface area contributed by atoms with Crippen molar-refractivity contribution in [3.8, 4) is 11.5 Å². The number of aromatic hydroxyl groups is 1. The van der Waals surface area contributed by atoms with Gasteiger partial charge < -0.3 is 20.5 Å². The second kappa shape index (κ2) is 7.09. The molecular weight excluding hydrogens is 276 g/mol. The predicted molar refractivity (Wildman–Crippen MR) is 82.2 cm³/mol. The van der Waals surface area contributed by atoms with Crippen LogP contribution < -0.4 is 10.5 Å². The Morgan fingerprint density at radius 1 is 1.55 bits per heavy atom. The van der Waals surface area contributed by atoms with Crippen LogP contribution in [0.4, 0.5) is 0 Å². The zero-order valence-corrected chi connectivity index (χ0v) is 12.7. The number of carbonyl (C=O) groups is 1. The van der Waals surface area contributed by atoms with Crippen molar-refractivity contribution < 1.29 is 14.6 Å². The molecule has 0 saturated carbocycles. The van der Waals surface area contributed by atoms with Crippen molar-refractivity contribution in [1.82, 2.24) is 4.90 Å². The normalized spacial score (nSPS) is 11.8. The molecule has 1 unspecified atom stereocenters. The smallest absolute Gasteiger partial charge is 0.257 e. The van der Waals surface area contributed by atoms with E-state index in [9.17, 15) is 9.90 Å². The van der Waals surface area contributed by atoms with Crippen LogP contribution in [0.25, 0.3) is 0 Å². The molecule has 0 radical (unpaired) electrons. The number of hydrogen-bond donors (Lipinski definition) is 2. The second-order valence-electron chi connectivity index (χ2n) is 4.50. The van der Waals surface area contributed by atoms with E-state index in [1.54, 1.807) is 23.1 Å². The molecule has 0 aliphatic heterocycles. The topological polar surface area (TPSA) is 75.8 Å². The van der Waals surface area contributed by atoms with E-state index in [4.69, 9.17) is 22.7 Å². The van der Waals surface area contributed by atoms with Crippen LogP contribution in [0.5, 0.6) is 11.5 Å². The first-order valence-corrected chi connectivity index (χ1v) is 6.77. The molecule has 1 amide bonds. The summed E-state index contributed by atoms with van der Waals surface area (Å²) in [6, 6.07) is 4.82. The number of phenols is 1. The fraction of sp³-hybridized carbons (Fsp3) is 0.429. The lowest BCUT2D eigenvalue weighted by molar-refractivity contribution is 0.0751. The molecule has 0 heterocycles. The van der Waals surface area contributed by atoms with E-state index in [-0.39, 0.29) is 28.9 Å². The highest BCUT2D eigenvalue weighted by molar-refractivity contribution is 7.80. The van der Waals surface area contributed by atoms with E-state index in [0.717, 1.165) is 0 Å². The summed E-state index contributed by atoms with van der Waals surface area (Å²) in [5, 5.41) is 10.0. The number of para-hydroxylation sites is 1. The van der Waals surface area contributed by atoms with E-state index < -0.39 is 0 Å². The molecule has 5 nitrogen and oxygen atoms in total. The van der Waals surface area contributed by atoms with Crippen LogP contribution in [0.15, 0.2) is 18.2 Å². The van der Waals surface area contributed by atoms with Gasteiger partial charge in [0, 0.05) is 19.0 Å². The fourth-order valence-electron chi connectivity index (χ4n) is 1.81. The zero-order chi connectivity index (χ0) is 15.3. The molecule has 0 saturated heterocycles. The van der Waals surface area contributed by atoms with Crippen LogP contribution in [0, 0.1) is 5.92 Å². The van der Waals surface area contributed by atoms with E-state index in [1.807, 2.05) is 13.8 Å². The Kier molecular flexibility index (Phi) is 5.76. The summed E-state index contributed by atoms with van der Waals surface area (Å²) in [6.45, 7) is 4.65. The average Bonchev–Trinajstić information content (AvgIpc) is 2.43. The van der Waals surface area contributed by atoms with Crippen molar-refractivity contribution in [2.24, 2.45) is 11.7 Å². The lowest BCUT2D eigenvalue weighted by Gasteiger charge is -2.24. The maximum Gasteiger partial charge on any atom is 0.257 e. The Morgan fingerprint density at radius 2 is 2.20 bits per heavy atom. The summed E-state index contributed by atoms with van der Waals surface area (Å²) in [6.07, 6.45) is 0. The average molecular weight is 296 g/mol. The minimum Gasteiger partial charge on any atom is -0.504 e. The summed E-state index contributed by atoms with van der Waals surface area (Å²) in [5.74, 6) is -0.232. The van der Waals surface area contributed by atoms with E-state index in [2.05, 4.69) is 0 Å². The van der Waals surface area contributed by atoms with Crippen LogP contribution in [-0.2, 0) is 0 Å². The Morgan fingerprint density at radius 3 is 2.70 bits per heavy atom. The number of ether oxygens (including phenoxy) is 1. The molecule has 0 aliphatic carbocycles. The monoisotopic (exact) mass is 296 g/mol. The summed E-state index contributed by atoms with van der Waals surface area (Å²) in [4.78, 5) is 14.4. The van der Waals surface area contributed by atoms with Gasteiger partial charge in [0.05, 0.1) is 17.7 Å². The van der Waals surface area contributed by atoms with Crippen LogP contribution >= 0.6 is 12.2 Å². The maximum absolute atomic E-state index is 12.4. The minimum absolute atomic E-state index is 0.0818. The number of thiocarbonyl (C=S) groups is 1. The van der Waals surface area contributed by atoms with Crippen LogP contribution in [-0.4, -0.2) is 41.1 Å². The lowest BCUT2D eigenvalue weighted by atomic mass is 10.1. The van der Waals surface area contributed by atoms with Crippen molar-refractivity contribution in [3.05, 3.63) is 23.8 Å². The maximum atomic E-state index is 12.4. The molecule has 1 atom stereocenters. The van der Waals surface area contributed by atoms with Crippen LogP contribution in [0.1, 0.15) is 24.2 Å². The van der Waals surface area contributed by atoms with Gasteiger partial charge in [-0.3, -0.25) is 4.79 Å². The molecule has 0 spiro atoms. The van der Waals surface area contributed by atoms with Gasteiger partial charge in [-0.05, 0) is 19.1 Å². The van der Waals surface area contributed by atoms with Crippen molar-refractivity contribution in [2.75, 3.05) is 20.2 Å². The van der Waals surface area contributed by atoms with Crippen molar-refractivity contribution >= 4 is 23.1 Å². The van der Waals surface area contributed by atoms with E-state index in [1.165, 1.54) is 7.11 Å². The van der Waals surface area contributed by atoms with Gasteiger partial charge >= 0.3 is 0 Å². The quantitative estimate of drug-likeness (QED) is 0.783. The number of methoxy groups -OCH3 is 1. The third-order valence-electron chi connectivity index (χ3n) is 3.10. The molecule has 110 valence electrons. The largest absolute Gasteiger partial charge is 0.504 e. The van der Waals surface area contributed by atoms with Crippen molar-refractivity contribution in [1.29, 1.82) is 0 Å². The Labute approximate surface area is 124 Å². The number of hydrogen-bond acceptors (Lipinski definition) is 4. The lowest BCUT2D eigenvalue weighted by Crippen LogP contribution is -2.38. The summed E-state index contributed by atoms with van der Waals surface area (Å²) in [5.41, 5.74) is 5.79. The third kappa shape index (κ3) is 3.60. The van der Waals surface area contributed by atoms with Crippen LogP contribution in [0.2, 0.25) is 0 Å². The van der Waals surface area contributed by atoms with Crippen LogP contribution in [0.3, 0.4) is 0 Å². The number of phenolic OH excluding ortho intramolecular Hbond substituents is 1. The number of benzene rings is 1. The van der Waals surface area contributed by atoms with Crippen molar-refractivity contribution in [3.63, 3.8) is 0 Å². The minimum atomic E-state index is -0.271. The standard InChI is InChI=1S/C14H20N2O3S/c1-4-16(8-9(2)13(15)20)14(18)10-6-5-7-11(19-3)12(10)17/h5-7,9,17H,4,8H2,1-3H3,(H2,15,20). The molecule has 6 heteroatoms. The molecule has 1 rings (SSSR count). The van der Waals surface area contributed by atoms with Gasteiger partial charge in [-0.15, -0.1) is 0 Å². The van der Waals surface area contributed by atoms with Gasteiger partial charge in [0.1, 0.15) is 0 Å². The van der Waals surface area contributed by atoms with Gasteiger partial charge in [0.25, 0.3) is 5.91 Å². The predicted octanol–water partition coefficient (Wildman–Crippen LogP) is 1.79. The highest BCUT2D eigenvalue weighted by Gasteiger charge is 2.22. The summed E-state index contributed by atoms with van der Waals surface area (Å²) >= 11 is 4.92. The summed E-state index contributed by atoms with van der Waals surface area (Å²) < 4.78 is 5.01. The first-order chi connectivity index (χ1) is 9.42. The molecule has 1 aromatic rings. The van der Waals surface area contributed by atoms with Gasteiger partial charge in [0.15, 0.2) is 11.5 Å². The van der Waals surface area contributed by atoms with Gasteiger partial charge in [0.2, 0.25) is 0 Å². The molecule has 0 aliphatic rings. The first-order valence-electron chi connectivity index (χ1n) is 6.36. The van der Waals surface area contributed by atoms with Crippen molar-refractivity contribution in [2.45, 2.75) is 13.8 Å². The SMILES string of the molecule is CCN(CC(C)C(N)=S)C(=O)c1cccc(OC)c1O. The Bertz CT molecular complexity index is 505. The first kappa shape index (κ1) is 16.2. The van der Waals surface area contributed by atoms with Gasteiger partial charge in [-0.2, -0.15) is 0 Å². The summed E-state index contributed by atoms with van der Waals surface area (Å²) in [7, 11) is 1.44. The number of rotatable bonds is 6. The zero-order valence-electron chi connectivity index (χ0n) is 11.9. The molecule has 3 N–H and O–H groups in total. The molecule has 0 aromatic heterocycles. The Hall–Kier alpha value is -1.82. The molecule has 0 fully saturated rings. The number of carbonyl (C=O) groups excluding carboxylic acids is 1. The number of nitrogens with two attached hydrogens (primary N) is 1. The fourth-order valence-corrected chi connectivity index (χ4v) is 1.88. The molecular formula is C14H20N2O3S. The van der Waals surface area contributed by atoms with Gasteiger partial charge in [-0.1, -0.05) is 25.2 Å². The highest BCUT2D eigenvalue weighted by Crippen LogP contribution is 2.30. The van der Waals surface area contributed by atoms with Gasteiger partial charge in [-0.25, -0.2) is 0 Å².